The molecule has 6 aromatic carbocycles. The van der Waals surface area contributed by atoms with Crippen LogP contribution in [-0.4, -0.2) is 4.57 Å². The molecule has 0 aliphatic rings. The zero-order chi connectivity index (χ0) is 26.9. The number of aromatic nitrogens is 1. The molecule has 0 spiro atoms. The van der Waals surface area contributed by atoms with E-state index in [1.807, 2.05) is 18.2 Å². The smallest absolute Gasteiger partial charge is 0.145 e. The Balaban J connectivity index is 1.40. The van der Waals surface area contributed by atoms with E-state index in [4.69, 9.17) is 8.83 Å². The molecule has 9 aromatic rings. The minimum absolute atomic E-state index is 0.891. The van der Waals surface area contributed by atoms with Crippen LogP contribution in [0.1, 0.15) is 0 Å². The van der Waals surface area contributed by atoms with Crippen molar-refractivity contribution in [2.45, 2.75) is 0 Å². The van der Waals surface area contributed by atoms with Gasteiger partial charge in [-0.15, -0.1) is 0 Å². The van der Waals surface area contributed by atoms with Gasteiger partial charge in [0, 0.05) is 38.4 Å². The second-order valence-electron chi connectivity index (χ2n) is 10.5. The molecule has 0 aliphatic heterocycles. The molecular weight excluding hydrogens is 502 g/mol. The van der Waals surface area contributed by atoms with E-state index in [-0.39, 0.29) is 0 Å². The monoisotopic (exact) mass is 525 g/mol. The number of hydrogen-bond acceptors (Lipinski definition) is 2. The van der Waals surface area contributed by atoms with E-state index in [1.165, 1.54) is 5.39 Å². The van der Waals surface area contributed by atoms with Crippen LogP contribution in [0.5, 0.6) is 0 Å². The number of benzene rings is 6. The first-order chi connectivity index (χ1) is 20.3. The van der Waals surface area contributed by atoms with E-state index in [0.717, 1.165) is 77.5 Å². The van der Waals surface area contributed by atoms with Gasteiger partial charge < -0.3 is 13.4 Å². The highest BCUT2D eigenvalue weighted by Gasteiger charge is 2.23. The number of nitrogens with zero attached hydrogens (tertiary/aromatic N) is 1. The van der Waals surface area contributed by atoms with Gasteiger partial charge in [-0.25, -0.2) is 0 Å². The molecule has 0 bridgehead atoms. The Labute approximate surface area is 235 Å². The van der Waals surface area contributed by atoms with Crippen molar-refractivity contribution in [2.24, 2.45) is 0 Å². The lowest BCUT2D eigenvalue weighted by Crippen LogP contribution is -1.93. The van der Waals surface area contributed by atoms with Crippen molar-refractivity contribution >= 4 is 54.7 Å². The Hall–Kier alpha value is -5.54. The third kappa shape index (κ3) is 3.20. The normalized spacial score (nSPS) is 11.9. The number of fused-ring (bicyclic) bond motifs is 8. The van der Waals surface area contributed by atoms with E-state index in [2.05, 4.69) is 126 Å². The molecule has 0 amide bonds. The van der Waals surface area contributed by atoms with Crippen LogP contribution in [0.2, 0.25) is 0 Å². The van der Waals surface area contributed by atoms with Crippen molar-refractivity contribution in [2.75, 3.05) is 0 Å². The highest BCUT2D eigenvalue weighted by molar-refractivity contribution is 6.22. The van der Waals surface area contributed by atoms with Gasteiger partial charge in [0.1, 0.15) is 22.5 Å². The standard InChI is InChI=1S/C38H23NO2/c1-3-11-24(12-4-1)35-29-20-21-32-36(38(29)41-37(35)25-13-5-2-6-14-25)28-16-7-9-17-31(28)39(32)26-19-22-34-30(23-26)27-15-8-10-18-33(27)40-34/h1-23H. The largest absolute Gasteiger partial charge is 0.456 e. The molecule has 3 aromatic heterocycles. The second kappa shape index (κ2) is 8.48. The predicted molar refractivity (Wildman–Crippen MR) is 169 cm³/mol. The van der Waals surface area contributed by atoms with E-state index >= 15 is 0 Å². The van der Waals surface area contributed by atoms with Crippen LogP contribution < -0.4 is 0 Å². The Morgan fingerprint density at radius 2 is 1.12 bits per heavy atom. The van der Waals surface area contributed by atoms with Gasteiger partial charge in [0.2, 0.25) is 0 Å². The summed E-state index contributed by atoms with van der Waals surface area (Å²) in [6, 6.07) is 48.7. The summed E-state index contributed by atoms with van der Waals surface area (Å²) in [6.07, 6.45) is 0. The third-order valence-corrected chi connectivity index (χ3v) is 8.21. The van der Waals surface area contributed by atoms with E-state index in [1.54, 1.807) is 0 Å². The molecule has 3 heterocycles. The summed E-state index contributed by atoms with van der Waals surface area (Å²) in [7, 11) is 0. The molecule has 0 saturated carbocycles. The molecule has 9 rings (SSSR count). The van der Waals surface area contributed by atoms with E-state index in [9.17, 15) is 0 Å². The van der Waals surface area contributed by atoms with Gasteiger partial charge >= 0.3 is 0 Å². The van der Waals surface area contributed by atoms with Gasteiger partial charge in [0.15, 0.2) is 0 Å². The van der Waals surface area contributed by atoms with Crippen LogP contribution in [0.4, 0.5) is 0 Å². The lowest BCUT2D eigenvalue weighted by Gasteiger charge is -2.08. The Bertz CT molecular complexity index is 2410. The van der Waals surface area contributed by atoms with Crippen LogP contribution in [-0.2, 0) is 0 Å². The Kier molecular flexibility index (Phi) is 4.61. The van der Waals surface area contributed by atoms with Crippen molar-refractivity contribution in [1.29, 1.82) is 0 Å². The summed E-state index contributed by atoms with van der Waals surface area (Å²) in [6.45, 7) is 0. The van der Waals surface area contributed by atoms with E-state index in [0.29, 0.717) is 0 Å². The average Bonchev–Trinajstić information content (AvgIpc) is 3.71. The van der Waals surface area contributed by atoms with Crippen LogP contribution in [0, 0.1) is 0 Å². The topological polar surface area (TPSA) is 31.2 Å². The zero-order valence-electron chi connectivity index (χ0n) is 22.0. The fraction of sp³-hybridized carbons (Fsp3) is 0. The lowest BCUT2D eigenvalue weighted by molar-refractivity contribution is 0.636. The summed E-state index contributed by atoms with van der Waals surface area (Å²) in [5, 5.41) is 5.63. The molecule has 41 heavy (non-hydrogen) atoms. The minimum Gasteiger partial charge on any atom is -0.456 e. The molecule has 0 N–H and O–H groups in total. The van der Waals surface area contributed by atoms with Crippen LogP contribution in [0.15, 0.2) is 148 Å². The van der Waals surface area contributed by atoms with Crippen molar-refractivity contribution in [3.8, 4) is 28.1 Å². The van der Waals surface area contributed by atoms with Crippen LogP contribution >= 0.6 is 0 Å². The molecule has 0 fully saturated rings. The summed E-state index contributed by atoms with van der Waals surface area (Å²) >= 11 is 0. The molecular formula is C38H23NO2. The molecule has 3 heteroatoms. The summed E-state index contributed by atoms with van der Waals surface area (Å²) in [5.41, 5.74) is 9.38. The van der Waals surface area contributed by atoms with Gasteiger partial charge in [0.25, 0.3) is 0 Å². The number of furan rings is 2. The van der Waals surface area contributed by atoms with Gasteiger partial charge in [-0.05, 0) is 48.0 Å². The lowest BCUT2D eigenvalue weighted by atomic mass is 9.98. The molecule has 0 unspecified atom stereocenters. The SMILES string of the molecule is c1ccc(-c2oc3c(ccc4c3c3ccccc3n4-c3ccc4oc5ccccc5c4c3)c2-c2ccccc2)cc1. The molecule has 192 valence electrons. The van der Waals surface area contributed by atoms with Crippen molar-refractivity contribution in [3.63, 3.8) is 0 Å². The van der Waals surface area contributed by atoms with Crippen LogP contribution in [0.25, 0.3) is 82.9 Å². The van der Waals surface area contributed by atoms with Gasteiger partial charge in [-0.1, -0.05) is 97.1 Å². The first-order valence-electron chi connectivity index (χ1n) is 13.9. The highest BCUT2D eigenvalue weighted by atomic mass is 16.3. The zero-order valence-corrected chi connectivity index (χ0v) is 22.0. The van der Waals surface area contributed by atoms with Gasteiger partial charge in [0.05, 0.1) is 16.4 Å². The molecule has 0 aliphatic carbocycles. The van der Waals surface area contributed by atoms with Crippen molar-refractivity contribution < 1.29 is 8.83 Å². The average molecular weight is 526 g/mol. The highest BCUT2D eigenvalue weighted by Crippen LogP contribution is 2.46. The number of rotatable bonds is 3. The van der Waals surface area contributed by atoms with Gasteiger partial charge in [-0.2, -0.15) is 0 Å². The quantitative estimate of drug-likeness (QED) is 0.230. The predicted octanol–water partition coefficient (Wildman–Crippen LogP) is 10.8. The first kappa shape index (κ1) is 22.3. The molecule has 0 saturated heterocycles. The summed E-state index contributed by atoms with van der Waals surface area (Å²) in [5.74, 6) is 0.891. The Morgan fingerprint density at radius 3 is 1.95 bits per heavy atom. The Morgan fingerprint density at radius 1 is 0.439 bits per heavy atom. The summed E-state index contributed by atoms with van der Waals surface area (Å²) in [4.78, 5) is 0. The van der Waals surface area contributed by atoms with Crippen molar-refractivity contribution in [1.82, 2.24) is 4.57 Å². The summed E-state index contributed by atoms with van der Waals surface area (Å²) < 4.78 is 15.4. The second-order valence-corrected chi connectivity index (χ2v) is 10.5. The maximum Gasteiger partial charge on any atom is 0.145 e. The fourth-order valence-corrected chi connectivity index (χ4v) is 6.42. The fourth-order valence-electron chi connectivity index (χ4n) is 6.42. The first-order valence-corrected chi connectivity index (χ1v) is 13.9. The maximum atomic E-state index is 6.90. The molecule has 3 nitrogen and oxygen atoms in total. The molecule has 0 radical (unpaired) electrons. The maximum absolute atomic E-state index is 6.90. The third-order valence-electron chi connectivity index (χ3n) is 8.21. The number of hydrogen-bond donors (Lipinski definition) is 0. The number of para-hydroxylation sites is 2. The molecule has 0 atom stereocenters. The van der Waals surface area contributed by atoms with Crippen LogP contribution in [0.3, 0.4) is 0 Å². The van der Waals surface area contributed by atoms with Gasteiger partial charge in [-0.3, -0.25) is 0 Å². The van der Waals surface area contributed by atoms with Crippen molar-refractivity contribution in [3.05, 3.63) is 140 Å². The minimum atomic E-state index is 0.891. The van der Waals surface area contributed by atoms with E-state index < -0.39 is 0 Å².